The molecule has 0 radical (unpaired) electrons. The van der Waals surface area contributed by atoms with Gasteiger partial charge in [-0.2, -0.15) is 0 Å². The predicted molar refractivity (Wildman–Crippen MR) is 57.2 cm³/mol. The van der Waals surface area contributed by atoms with E-state index in [9.17, 15) is 9.59 Å². The lowest BCUT2D eigenvalue weighted by atomic mass is 10.5. The highest BCUT2D eigenvalue weighted by atomic mass is 28.4. The van der Waals surface area contributed by atoms with Crippen molar-refractivity contribution in [1.82, 2.24) is 15.0 Å². The van der Waals surface area contributed by atoms with Gasteiger partial charge in [0.2, 0.25) is 0 Å². The third kappa shape index (κ3) is 4.37. The zero-order chi connectivity index (χ0) is 12.0. The molecule has 0 aliphatic heterocycles. The van der Waals surface area contributed by atoms with Gasteiger partial charge in [-0.1, -0.05) is 5.21 Å². The Labute approximate surface area is 94.7 Å². The number of aromatic nitrogens is 3. The second-order valence-electron chi connectivity index (χ2n) is 3.41. The fraction of sp³-hybridized carbons (Fsp3) is 0.750. The van der Waals surface area contributed by atoms with Crippen molar-refractivity contribution in [2.75, 3.05) is 6.61 Å². The highest BCUT2D eigenvalue weighted by Gasteiger charge is 2.30. The highest BCUT2D eigenvalue weighted by molar-refractivity contribution is 6.57. The first-order valence-corrected chi connectivity index (χ1v) is 7.17. The standard InChI is InChI=1S/C8H17N3O4Si/c1-2-15-16(13,14)5-3-4-11-6-8(7-12)9-10-11/h6,12-14H,2-5,7H2,1H3. The Kier molecular flexibility index (Phi) is 5.02. The van der Waals surface area contributed by atoms with Gasteiger partial charge >= 0.3 is 8.80 Å². The topological polar surface area (TPSA) is 101 Å². The largest absolute Gasteiger partial charge is 0.495 e. The van der Waals surface area contributed by atoms with Crippen LogP contribution in [-0.2, 0) is 17.6 Å². The van der Waals surface area contributed by atoms with Crippen LogP contribution < -0.4 is 0 Å². The Balaban J connectivity index is 2.29. The van der Waals surface area contributed by atoms with Crippen LogP contribution >= 0.6 is 0 Å². The molecular formula is C8H17N3O4Si. The number of aliphatic hydroxyl groups is 1. The quantitative estimate of drug-likeness (QED) is 0.541. The lowest BCUT2D eigenvalue weighted by Gasteiger charge is -2.15. The Morgan fingerprint density at radius 2 is 2.25 bits per heavy atom. The normalized spacial score (nSPS) is 12.0. The van der Waals surface area contributed by atoms with E-state index >= 15 is 0 Å². The molecule has 8 heteroatoms. The van der Waals surface area contributed by atoms with E-state index in [0.29, 0.717) is 25.3 Å². The smallest absolute Gasteiger partial charge is 0.390 e. The number of hydrogen-bond acceptors (Lipinski definition) is 6. The number of aryl methyl sites for hydroxylation is 1. The number of hydrogen-bond donors (Lipinski definition) is 3. The third-order valence-corrected chi connectivity index (χ3v) is 3.77. The molecule has 0 unspecified atom stereocenters. The molecule has 0 aliphatic carbocycles. The van der Waals surface area contributed by atoms with Crippen LogP contribution in [0.3, 0.4) is 0 Å². The van der Waals surface area contributed by atoms with Crippen molar-refractivity contribution in [3.63, 3.8) is 0 Å². The molecule has 7 nitrogen and oxygen atoms in total. The van der Waals surface area contributed by atoms with Crippen LogP contribution in [0.4, 0.5) is 0 Å². The molecule has 0 aliphatic rings. The van der Waals surface area contributed by atoms with Crippen LogP contribution in [0.25, 0.3) is 0 Å². The van der Waals surface area contributed by atoms with Crippen LogP contribution in [0, 0.1) is 0 Å². The van der Waals surface area contributed by atoms with Gasteiger partial charge < -0.3 is 19.1 Å². The van der Waals surface area contributed by atoms with E-state index in [1.807, 2.05) is 0 Å². The summed E-state index contributed by atoms with van der Waals surface area (Å²) in [6.07, 6.45) is 2.17. The maximum Gasteiger partial charge on any atom is 0.495 e. The van der Waals surface area contributed by atoms with E-state index in [1.54, 1.807) is 17.8 Å². The minimum absolute atomic E-state index is 0.141. The van der Waals surface area contributed by atoms with Gasteiger partial charge in [-0.15, -0.1) is 5.10 Å². The second-order valence-corrected chi connectivity index (χ2v) is 5.69. The average Bonchev–Trinajstić information content (AvgIpc) is 2.65. The molecular weight excluding hydrogens is 230 g/mol. The first-order chi connectivity index (χ1) is 7.57. The summed E-state index contributed by atoms with van der Waals surface area (Å²) in [5.74, 6) is 0. The number of aliphatic hydroxyl groups excluding tert-OH is 1. The van der Waals surface area contributed by atoms with Crippen LogP contribution in [-0.4, -0.2) is 45.1 Å². The van der Waals surface area contributed by atoms with Gasteiger partial charge in [0.25, 0.3) is 0 Å². The molecule has 1 heterocycles. The minimum Gasteiger partial charge on any atom is -0.390 e. The number of nitrogens with zero attached hydrogens (tertiary/aromatic N) is 3. The lowest BCUT2D eigenvalue weighted by molar-refractivity contribution is 0.154. The molecule has 0 bridgehead atoms. The fourth-order valence-corrected chi connectivity index (χ4v) is 2.52. The van der Waals surface area contributed by atoms with E-state index in [1.165, 1.54) is 0 Å². The molecule has 0 saturated heterocycles. The molecule has 1 aromatic rings. The summed E-state index contributed by atoms with van der Waals surface area (Å²) in [4.78, 5) is 18.9. The molecule has 16 heavy (non-hydrogen) atoms. The minimum atomic E-state index is -3.47. The van der Waals surface area contributed by atoms with Crippen molar-refractivity contribution in [2.24, 2.45) is 0 Å². The van der Waals surface area contributed by atoms with Gasteiger partial charge in [-0.05, 0) is 13.3 Å². The molecule has 0 saturated carbocycles. The van der Waals surface area contributed by atoms with Gasteiger partial charge in [0.15, 0.2) is 0 Å². The van der Waals surface area contributed by atoms with Gasteiger partial charge in [0.1, 0.15) is 5.69 Å². The van der Waals surface area contributed by atoms with Gasteiger partial charge in [0.05, 0.1) is 12.8 Å². The predicted octanol–water partition coefficient (Wildman–Crippen LogP) is -0.880. The third-order valence-electron chi connectivity index (χ3n) is 2.01. The molecule has 0 spiro atoms. The fourth-order valence-electron chi connectivity index (χ4n) is 1.29. The molecule has 92 valence electrons. The Hall–Kier alpha value is -0.803. The van der Waals surface area contributed by atoms with Crippen LogP contribution in [0.5, 0.6) is 0 Å². The zero-order valence-corrected chi connectivity index (χ0v) is 10.2. The zero-order valence-electron chi connectivity index (χ0n) is 9.20. The van der Waals surface area contributed by atoms with Crippen LogP contribution in [0.15, 0.2) is 6.20 Å². The Morgan fingerprint density at radius 3 is 2.81 bits per heavy atom. The summed E-state index contributed by atoms with van der Waals surface area (Å²) < 4.78 is 6.42. The molecule has 0 aromatic carbocycles. The van der Waals surface area contributed by atoms with Crippen molar-refractivity contribution in [3.05, 3.63) is 11.9 Å². The first-order valence-electron chi connectivity index (χ1n) is 5.16. The van der Waals surface area contributed by atoms with Gasteiger partial charge in [0, 0.05) is 19.2 Å². The van der Waals surface area contributed by atoms with E-state index in [4.69, 9.17) is 9.53 Å². The van der Waals surface area contributed by atoms with E-state index in [2.05, 4.69) is 10.3 Å². The monoisotopic (exact) mass is 247 g/mol. The highest BCUT2D eigenvalue weighted by Crippen LogP contribution is 2.08. The molecule has 0 fully saturated rings. The maximum atomic E-state index is 9.43. The van der Waals surface area contributed by atoms with E-state index in [0.717, 1.165) is 0 Å². The SMILES string of the molecule is CCO[Si](O)(O)CCCn1cc(CO)nn1. The van der Waals surface area contributed by atoms with Gasteiger partial charge in [-0.25, -0.2) is 0 Å². The van der Waals surface area contributed by atoms with Crippen molar-refractivity contribution in [1.29, 1.82) is 0 Å². The summed E-state index contributed by atoms with van der Waals surface area (Å²) in [7, 11) is -3.47. The Morgan fingerprint density at radius 1 is 1.50 bits per heavy atom. The maximum absolute atomic E-state index is 9.43. The van der Waals surface area contributed by atoms with Crippen molar-refractivity contribution in [3.8, 4) is 0 Å². The van der Waals surface area contributed by atoms with Crippen LogP contribution in [0.2, 0.25) is 6.04 Å². The molecule has 1 aromatic heterocycles. The molecule has 1 rings (SSSR count). The molecule has 3 N–H and O–H groups in total. The summed E-state index contributed by atoms with van der Waals surface area (Å²) in [6, 6.07) is 0.231. The molecule has 0 amide bonds. The summed E-state index contributed by atoms with van der Waals surface area (Å²) in [5, 5.41) is 16.2. The van der Waals surface area contributed by atoms with Crippen LogP contribution in [0.1, 0.15) is 19.0 Å². The Bertz CT molecular complexity index is 318. The molecule has 0 atom stereocenters. The summed E-state index contributed by atoms with van der Waals surface area (Å²) in [6.45, 7) is 2.41. The van der Waals surface area contributed by atoms with E-state index in [-0.39, 0.29) is 12.7 Å². The van der Waals surface area contributed by atoms with Crippen molar-refractivity contribution < 1.29 is 19.1 Å². The number of rotatable bonds is 7. The second kappa shape index (κ2) is 6.06. The van der Waals surface area contributed by atoms with Gasteiger partial charge in [-0.3, -0.25) is 4.68 Å². The summed E-state index contributed by atoms with van der Waals surface area (Å²) in [5.41, 5.74) is 0.501. The lowest BCUT2D eigenvalue weighted by Crippen LogP contribution is -2.38. The average molecular weight is 247 g/mol. The van der Waals surface area contributed by atoms with E-state index < -0.39 is 8.80 Å². The van der Waals surface area contributed by atoms with Crippen molar-refractivity contribution in [2.45, 2.75) is 32.5 Å². The first kappa shape index (κ1) is 13.3. The summed E-state index contributed by atoms with van der Waals surface area (Å²) >= 11 is 0. The van der Waals surface area contributed by atoms with Crippen molar-refractivity contribution >= 4 is 8.80 Å².